The van der Waals surface area contributed by atoms with E-state index in [1.807, 2.05) is 0 Å². The normalized spacial score (nSPS) is 12.0. The first-order chi connectivity index (χ1) is 2.56. The molecule has 0 aromatic carbocycles. The van der Waals surface area contributed by atoms with Crippen LogP contribution in [0, 0.1) is 0 Å². The fraction of sp³-hybridized carbons (Fsp3) is 1.00. The van der Waals surface area contributed by atoms with Gasteiger partial charge >= 0.3 is 46.0 Å². The van der Waals surface area contributed by atoms with Crippen LogP contribution in [0.2, 0.25) is 16.8 Å². The van der Waals surface area contributed by atoms with E-state index in [1.165, 1.54) is 5.25 Å². The van der Waals surface area contributed by atoms with Gasteiger partial charge in [-0.25, -0.2) is 0 Å². The van der Waals surface area contributed by atoms with Crippen LogP contribution < -0.4 is 0 Å². The standard InChI is InChI=1S/C4H11ClGe/c1-4-6(2,3)5/h4H2,1-3H3. The summed E-state index contributed by atoms with van der Waals surface area (Å²) in [6, 6.07) is 0. The molecule has 38 valence electrons. The molecule has 0 aliphatic heterocycles. The van der Waals surface area contributed by atoms with Gasteiger partial charge in [0.15, 0.2) is 0 Å². The predicted octanol–water partition coefficient (Wildman–Crippen LogP) is 2.45. The second kappa shape index (κ2) is 2.22. The van der Waals surface area contributed by atoms with Crippen molar-refractivity contribution in [2.24, 2.45) is 0 Å². The van der Waals surface area contributed by atoms with Gasteiger partial charge in [0.2, 0.25) is 0 Å². The van der Waals surface area contributed by atoms with Crippen LogP contribution in [0.25, 0.3) is 0 Å². The summed E-state index contributed by atoms with van der Waals surface area (Å²) in [5, 5.41) is 1.22. The van der Waals surface area contributed by atoms with Crippen LogP contribution >= 0.6 is 10.0 Å². The minimum atomic E-state index is -1.57. The Kier molecular flexibility index (Phi) is 2.53. The van der Waals surface area contributed by atoms with E-state index in [-0.39, 0.29) is 0 Å². The van der Waals surface area contributed by atoms with E-state index < -0.39 is 12.3 Å². The van der Waals surface area contributed by atoms with Gasteiger partial charge in [0, 0.05) is 0 Å². The molecule has 2 heteroatoms. The molecule has 0 radical (unpaired) electrons. The fourth-order valence-electron chi connectivity index (χ4n) is 0. The van der Waals surface area contributed by atoms with E-state index in [9.17, 15) is 0 Å². The van der Waals surface area contributed by atoms with Gasteiger partial charge in [0.1, 0.15) is 0 Å². The summed E-state index contributed by atoms with van der Waals surface area (Å²) in [4.78, 5) is 0. The zero-order chi connectivity index (χ0) is 5.21. The number of hydrogen-bond acceptors (Lipinski definition) is 0. The molecular weight excluding hydrogens is 156 g/mol. The molecular formula is C4H11ClGe. The first-order valence-electron chi connectivity index (χ1n) is 2.25. The van der Waals surface area contributed by atoms with Crippen molar-refractivity contribution in [1.29, 1.82) is 0 Å². The first-order valence-corrected chi connectivity index (χ1v) is 10.7. The Hall–Kier alpha value is 0.833. The molecule has 0 fully saturated rings. The van der Waals surface area contributed by atoms with Crippen molar-refractivity contribution < 1.29 is 0 Å². The quantitative estimate of drug-likeness (QED) is 0.526. The Morgan fingerprint density at radius 3 is 1.67 bits per heavy atom. The van der Waals surface area contributed by atoms with Gasteiger partial charge in [-0.15, -0.1) is 0 Å². The molecule has 6 heavy (non-hydrogen) atoms. The second-order valence-electron chi connectivity index (χ2n) is 2.07. The molecule has 0 saturated heterocycles. The molecule has 0 aromatic heterocycles. The van der Waals surface area contributed by atoms with Crippen LogP contribution in [-0.4, -0.2) is 12.3 Å². The topological polar surface area (TPSA) is 0 Å². The third kappa shape index (κ3) is 4.83. The Labute approximate surface area is 46.4 Å². The zero-order valence-corrected chi connectivity index (χ0v) is 7.44. The van der Waals surface area contributed by atoms with Gasteiger partial charge in [0.25, 0.3) is 0 Å². The molecule has 0 bridgehead atoms. The zero-order valence-electron chi connectivity index (χ0n) is 4.59. The van der Waals surface area contributed by atoms with Gasteiger partial charge in [-0.3, -0.25) is 0 Å². The SMILES string of the molecule is C[CH2][Ge]([CH3])([CH3])[Cl]. The predicted molar refractivity (Wildman–Crippen MR) is 33.8 cm³/mol. The third-order valence-electron chi connectivity index (χ3n) is 0.841. The van der Waals surface area contributed by atoms with Crippen LogP contribution in [0.1, 0.15) is 6.92 Å². The summed E-state index contributed by atoms with van der Waals surface area (Å²) in [5.74, 6) is 4.39. The average Bonchev–Trinajstić information content (AvgIpc) is 1.35. The molecule has 0 aliphatic carbocycles. The van der Waals surface area contributed by atoms with Crippen molar-refractivity contribution >= 4 is 22.3 Å². The summed E-state index contributed by atoms with van der Waals surface area (Å²) in [6.07, 6.45) is 0. The van der Waals surface area contributed by atoms with Crippen molar-refractivity contribution in [3.63, 3.8) is 0 Å². The molecule has 0 heterocycles. The van der Waals surface area contributed by atoms with Gasteiger partial charge < -0.3 is 0 Å². The fourth-order valence-corrected chi connectivity index (χ4v) is 0. The Balaban J connectivity index is 3.17. The Bertz CT molecular complexity index is 37.3. The Morgan fingerprint density at radius 1 is 1.50 bits per heavy atom. The molecule has 0 unspecified atom stereocenters. The first kappa shape index (κ1) is 6.83. The van der Waals surface area contributed by atoms with Gasteiger partial charge in [-0.2, -0.15) is 0 Å². The molecule has 0 nitrogen and oxygen atoms in total. The van der Waals surface area contributed by atoms with Gasteiger partial charge in [-0.05, 0) is 0 Å². The number of hydrogen-bond donors (Lipinski definition) is 0. The molecule has 0 N–H and O–H groups in total. The van der Waals surface area contributed by atoms with E-state index in [1.54, 1.807) is 0 Å². The summed E-state index contributed by atoms with van der Waals surface area (Å²) >= 11 is -1.57. The van der Waals surface area contributed by atoms with Crippen molar-refractivity contribution in [2.75, 3.05) is 0 Å². The maximum atomic E-state index is 5.91. The molecule has 0 atom stereocenters. The number of rotatable bonds is 1. The molecule has 0 saturated carbocycles. The molecule has 0 aromatic rings. The van der Waals surface area contributed by atoms with Crippen LogP contribution in [-0.2, 0) is 0 Å². The van der Waals surface area contributed by atoms with Crippen molar-refractivity contribution in [1.82, 2.24) is 0 Å². The van der Waals surface area contributed by atoms with Gasteiger partial charge in [-0.1, -0.05) is 0 Å². The summed E-state index contributed by atoms with van der Waals surface area (Å²) < 4.78 is 0. The van der Waals surface area contributed by atoms with E-state index in [2.05, 4.69) is 18.4 Å². The molecule has 0 amide bonds. The summed E-state index contributed by atoms with van der Waals surface area (Å²) in [7, 11) is 5.91. The van der Waals surface area contributed by atoms with Crippen LogP contribution in [0.15, 0.2) is 0 Å². The minimum absolute atomic E-state index is 1.22. The Morgan fingerprint density at radius 2 is 1.67 bits per heavy atom. The molecule has 0 rings (SSSR count). The maximum absolute atomic E-state index is 5.91. The van der Waals surface area contributed by atoms with E-state index >= 15 is 0 Å². The van der Waals surface area contributed by atoms with Crippen molar-refractivity contribution in [2.45, 2.75) is 23.7 Å². The summed E-state index contributed by atoms with van der Waals surface area (Å²) in [5.41, 5.74) is 0. The second-order valence-corrected chi connectivity index (χ2v) is 16.1. The van der Waals surface area contributed by atoms with E-state index in [0.29, 0.717) is 0 Å². The van der Waals surface area contributed by atoms with Crippen molar-refractivity contribution in [3.05, 3.63) is 0 Å². The number of halogens is 1. The molecule has 0 aliphatic rings. The van der Waals surface area contributed by atoms with Crippen LogP contribution in [0.4, 0.5) is 0 Å². The van der Waals surface area contributed by atoms with E-state index in [0.717, 1.165) is 0 Å². The third-order valence-corrected chi connectivity index (χ3v) is 5.76. The average molecular weight is 167 g/mol. The van der Waals surface area contributed by atoms with E-state index in [4.69, 9.17) is 10.0 Å². The van der Waals surface area contributed by atoms with Crippen LogP contribution in [0.5, 0.6) is 0 Å². The molecule has 0 spiro atoms. The van der Waals surface area contributed by atoms with Gasteiger partial charge in [0.05, 0.1) is 0 Å². The summed E-state index contributed by atoms with van der Waals surface area (Å²) in [6.45, 7) is 2.16. The van der Waals surface area contributed by atoms with Crippen LogP contribution in [0.3, 0.4) is 0 Å². The van der Waals surface area contributed by atoms with Crippen molar-refractivity contribution in [3.8, 4) is 0 Å². The monoisotopic (exact) mass is 168 g/mol.